The van der Waals surface area contributed by atoms with Crippen molar-refractivity contribution in [1.29, 1.82) is 5.26 Å². The number of aryl methyl sites for hydroxylation is 1. The summed E-state index contributed by atoms with van der Waals surface area (Å²) in [5, 5.41) is 9.93. The molecular formula is C13H10N2. The van der Waals surface area contributed by atoms with E-state index in [1.165, 1.54) is 0 Å². The highest BCUT2D eigenvalue weighted by molar-refractivity contribution is 5.85. The van der Waals surface area contributed by atoms with Crippen molar-refractivity contribution in [1.82, 2.24) is 4.57 Å². The third-order valence-corrected chi connectivity index (χ3v) is 2.43. The van der Waals surface area contributed by atoms with Crippen LogP contribution in [0.1, 0.15) is 12.0 Å². The van der Waals surface area contributed by atoms with Crippen LogP contribution in [0.4, 0.5) is 0 Å². The molecule has 0 bridgehead atoms. The summed E-state index contributed by atoms with van der Waals surface area (Å²) >= 11 is 0. The van der Waals surface area contributed by atoms with Gasteiger partial charge in [-0.2, -0.15) is 5.26 Å². The number of rotatable bonds is 2. The van der Waals surface area contributed by atoms with E-state index in [1.54, 1.807) is 0 Å². The molecule has 0 unspecified atom stereocenters. The second-order valence-corrected chi connectivity index (χ2v) is 3.31. The van der Waals surface area contributed by atoms with Crippen LogP contribution >= 0.6 is 0 Å². The Balaban J connectivity index is 2.53. The Morgan fingerprint density at radius 3 is 2.93 bits per heavy atom. The van der Waals surface area contributed by atoms with Crippen LogP contribution in [-0.4, -0.2) is 4.57 Å². The Morgan fingerprint density at radius 2 is 2.20 bits per heavy atom. The number of fused-ring (bicyclic) bond motifs is 1. The van der Waals surface area contributed by atoms with E-state index in [2.05, 4.69) is 16.6 Å². The molecule has 0 amide bonds. The maximum Gasteiger partial charge on any atom is 0.0998 e. The van der Waals surface area contributed by atoms with Gasteiger partial charge >= 0.3 is 0 Å². The van der Waals surface area contributed by atoms with E-state index < -0.39 is 0 Å². The maximum atomic E-state index is 8.93. The molecule has 72 valence electrons. The van der Waals surface area contributed by atoms with Gasteiger partial charge in [-0.1, -0.05) is 6.07 Å². The predicted molar refractivity (Wildman–Crippen MR) is 60.1 cm³/mol. The SMILES string of the molecule is C#CCCn1ccc2c(C#N)cccc21. The Morgan fingerprint density at radius 1 is 1.33 bits per heavy atom. The lowest BCUT2D eigenvalue weighted by Crippen LogP contribution is -1.94. The van der Waals surface area contributed by atoms with E-state index in [-0.39, 0.29) is 0 Å². The monoisotopic (exact) mass is 194 g/mol. The van der Waals surface area contributed by atoms with Crippen molar-refractivity contribution >= 4 is 10.9 Å². The van der Waals surface area contributed by atoms with Gasteiger partial charge in [0, 0.05) is 30.1 Å². The molecule has 0 atom stereocenters. The summed E-state index contributed by atoms with van der Waals surface area (Å²) in [6.45, 7) is 0.800. The molecule has 2 rings (SSSR count). The molecule has 2 heteroatoms. The lowest BCUT2D eigenvalue weighted by molar-refractivity contribution is 0.749. The first-order chi connectivity index (χ1) is 7.36. The van der Waals surface area contributed by atoms with Gasteiger partial charge in [-0.05, 0) is 18.2 Å². The van der Waals surface area contributed by atoms with Gasteiger partial charge in [-0.25, -0.2) is 0 Å². The minimum Gasteiger partial charge on any atom is -0.346 e. The van der Waals surface area contributed by atoms with Crippen molar-refractivity contribution in [3.63, 3.8) is 0 Å². The van der Waals surface area contributed by atoms with Crippen LogP contribution in [0.3, 0.4) is 0 Å². The van der Waals surface area contributed by atoms with Crippen LogP contribution in [0, 0.1) is 23.7 Å². The lowest BCUT2D eigenvalue weighted by Gasteiger charge is -2.02. The van der Waals surface area contributed by atoms with E-state index in [1.807, 2.05) is 30.5 Å². The van der Waals surface area contributed by atoms with Crippen molar-refractivity contribution in [2.24, 2.45) is 0 Å². The van der Waals surface area contributed by atoms with Crippen LogP contribution in [0.15, 0.2) is 30.5 Å². The Labute approximate surface area is 88.7 Å². The predicted octanol–water partition coefficient (Wildman–Crippen LogP) is 2.54. The molecule has 1 heterocycles. The molecule has 1 aromatic carbocycles. The third-order valence-electron chi connectivity index (χ3n) is 2.43. The molecule has 0 aliphatic heterocycles. The zero-order valence-corrected chi connectivity index (χ0v) is 8.27. The van der Waals surface area contributed by atoms with E-state index in [4.69, 9.17) is 11.7 Å². The normalized spacial score (nSPS) is 9.73. The van der Waals surface area contributed by atoms with Crippen molar-refractivity contribution in [2.75, 3.05) is 0 Å². The largest absolute Gasteiger partial charge is 0.346 e. The van der Waals surface area contributed by atoms with E-state index in [9.17, 15) is 0 Å². The fraction of sp³-hybridized carbons (Fsp3) is 0.154. The highest BCUT2D eigenvalue weighted by Gasteiger charge is 2.03. The second kappa shape index (κ2) is 3.90. The minimum absolute atomic E-state index is 0.709. The van der Waals surface area contributed by atoms with E-state index in [0.717, 1.165) is 17.4 Å². The van der Waals surface area contributed by atoms with E-state index >= 15 is 0 Å². The van der Waals surface area contributed by atoms with Crippen LogP contribution < -0.4 is 0 Å². The van der Waals surface area contributed by atoms with Crippen molar-refractivity contribution in [2.45, 2.75) is 13.0 Å². The zero-order valence-electron chi connectivity index (χ0n) is 8.27. The number of hydrogen-bond acceptors (Lipinski definition) is 1. The van der Waals surface area contributed by atoms with Gasteiger partial charge in [-0.3, -0.25) is 0 Å². The number of nitrogens with zero attached hydrogens (tertiary/aromatic N) is 2. The summed E-state index contributed by atoms with van der Waals surface area (Å²) in [5.41, 5.74) is 1.79. The number of terminal acetylenes is 1. The minimum atomic E-state index is 0.709. The lowest BCUT2D eigenvalue weighted by atomic mass is 10.1. The molecule has 0 saturated heterocycles. The highest BCUT2D eigenvalue weighted by Crippen LogP contribution is 2.19. The molecule has 0 saturated carbocycles. The van der Waals surface area contributed by atoms with Gasteiger partial charge in [0.05, 0.1) is 11.6 Å². The van der Waals surface area contributed by atoms with Crippen LogP contribution in [-0.2, 0) is 6.54 Å². The first-order valence-electron chi connectivity index (χ1n) is 4.78. The molecule has 2 aromatic rings. The molecule has 0 radical (unpaired) electrons. The van der Waals surface area contributed by atoms with E-state index in [0.29, 0.717) is 12.0 Å². The fourth-order valence-electron chi connectivity index (χ4n) is 1.70. The van der Waals surface area contributed by atoms with Gasteiger partial charge in [-0.15, -0.1) is 12.3 Å². The average Bonchev–Trinajstić information content (AvgIpc) is 2.69. The van der Waals surface area contributed by atoms with Crippen LogP contribution in [0.5, 0.6) is 0 Å². The molecule has 0 N–H and O–H groups in total. The molecule has 15 heavy (non-hydrogen) atoms. The molecule has 0 aliphatic carbocycles. The fourth-order valence-corrected chi connectivity index (χ4v) is 1.70. The van der Waals surface area contributed by atoms with Crippen LogP contribution in [0.2, 0.25) is 0 Å². The second-order valence-electron chi connectivity index (χ2n) is 3.31. The average molecular weight is 194 g/mol. The van der Waals surface area contributed by atoms with Crippen molar-refractivity contribution in [3.05, 3.63) is 36.0 Å². The number of aromatic nitrogens is 1. The van der Waals surface area contributed by atoms with Crippen LogP contribution in [0.25, 0.3) is 10.9 Å². The first-order valence-corrected chi connectivity index (χ1v) is 4.78. The molecule has 1 aromatic heterocycles. The standard InChI is InChI=1S/C13H10N2/c1-2-3-8-15-9-7-12-11(10-14)5-4-6-13(12)15/h1,4-7,9H,3,8H2. The van der Waals surface area contributed by atoms with Gasteiger partial charge in [0.2, 0.25) is 0 Å². The zero-order chi connectivity index (χ0) is 10.7. The van der Waals surface area contributed by atoms with Crippen molar-refractivity contribution < 1.29 is 0 Å². The number of nitriles is 1. The van der Waals surface area contributed by atoms with Gasteiger partial charge in [0.15, 0.2) is 0 Å². The molecule has 0 fully saturated rings. The molecule has 0 aliphatic rings. The Bertz CT molecular complexity index is 564. The third kappa shape index (κ3) is 1.58. The molecule has 2 nitrogen and oxygen atoms in total. The summed E-state index contributed by atoms with van der Waals surface area (Å²) in [7, 11) is 0. The summed E-state index contributed by atoms with van der Waals surface area (Å²) < 4.78 is 2.08. The highest BCUT2D eigenvalue weighted by atomic mass is 14.9. The van der Waals surface area contributed by atoms with Gasteiger partial charge < -0.3 is 4.57 Å². The molecule has 0 spiro atoms. The summed E-state index contributed by atoms with van der Waals surface area (Å²) in [6.07, 6.45) is 7.91. The molecular weight excluding hydrogens is 184 g/mol. The topological polar surface area (TPSA) is 28.7 Å². The Kier molecular flexibility index (Phi) is 2.44. The quantitative estimate of drug-likeness (QED) is 0.675. The summed E-state index contributed by atoms with van der Waals surface area (Å²) in [6, 6.07) is 9.88. The van der Waals surface area contributed by atoms with Gasteiger partial charge in [0.1, 0.15) is 0 Å². The summed E-state index contributed by atoms with van der Waals surface area (Å²) in [4.78, 5) is 0. The van der Waals surface area contributed by atoms with Gasteiger partial charge in [0.25, 0.3) is 0 Å². The smallest absolute Gasteiger partial charge is 0.0998 e. The first kappa shape index (κ1) is 9.37. The number of hydrogen-bond donors (Lipinski definition) is 0. The number of benzene rings is 1. The Hall–Kier alpha value is -2.19. The van der Waals surface area contributed by atoms with Crippen molar-refractivity contribution in [3.8, 4) is 18.4 Å². The maximum absolute atomic E-state index is 8.93. The summed E-state index contributed by atoms with van der Waals surface area (Å²) in [5.74, 6) is 2.61.